The Hall–Kier alpha value is -2.47. The summed E-state index contributed by atoms with van der Waals surface area (Å²) in [7, 11) is 0. The van der Waals surface area contributed by atoms with Crippen LogP contribution >= 0.6 is 0 Å². The zero-order chi connectivity index (χ0) is 19.8. The number of hydrogen-bond donors (Lipinski definition) is 2. The molecule has 0 radical (unpaired) electrons. The van der Waals surface area contributed by atoms with Gasteiger partial charge in [0.05, 0.1) is 6.04 Å². The molecule has 0 aliphatic heterocycles. The maximum absolute atomic E-state index is 12.3. The van der Waals surface area contributed by atoms with Crippen molar-refractivity contribution in [2.75, 3.05) is 6.54 Å². The minimum atomic E-state index is -2.84. The Morgan fingerprint density at radius 3 is 2.19 bits per heavy atom. The first kappa shape index (κ1) is 20.8. The van der Waals surface area contributed by atoms with Crippen LogP contribution in [0.1, 0.15) is 43.9 Å². The predicted octanol–water partition coefficient (Wildman–Crippen LogP) is 4.25. The van der Waals surface area contributed by atoms with Gasteiger partial charge in [-0.2, -0.15) is 8.78 Å². The standard InChI is InChI=1S/C21H26F2N2O2/c1-14(17-7-5-4-6-8-17)13-24-20(26)16(3)25-15(2)18-9-11-19(12-10-18)27-21(22)23/h4-12,14-16,21,25H,13H2,1-3H3,(H,24,26). The van der Waals surface area contributed by atoms with Gasteiger partial charge in [0.2, 0.25) is 5.91 Å². The van der Waals surface area contributed by atoms with Crippen LogP contribution in [-0.4, -0.2) is 25.1 Å². The molecule has 2 aromatic carbocycles. The number of benzene rings is 2. The number of carbonyl (C=O) groups excluding carboxylic acids is 1. The molecule has 3 atom stereocenters. The second-order valence-electron chi connectivity index (χ2n) is 6.61. The van der Waals surface area contributed by atoms with E-state index in [4.69, 9.17) is 0 Å². The molecule has 2 rings (SSSR count). The average molecular weight is 376 g/mol. The van der Waals surface area contributed by atoms with Crippen LogP contribution in [-0.2, 0) is 4.79 Å². The molecule has 1 amide bonds. The molecule has 6 heteroatoms. The Morgan fingerprint density at radius 2 is 1.59 bits per heavy atom. The predicted molar refractivity (Wildman–Crippen MR) is 102 cm³/mol. The average Bonchev–Trinajstić information content (AvgIpc) is 2.66. The fourth-order valence-corrected chi connectivity index (χ4v) is 2.79. The first-order valence-corrected chi connectivity index (χ1v) is 9.00. The Morgan fingerprint density at radius 1 is 0.963 bits per heavy atom. The summed E-state index contributed by atoms with van der Waals surface area (Å²) in [5.74, 6) is 0.256. The lowest BCUT2D eigenvalue weighted by Crippen LogP contribution is -2.44. The van der Waals surface area contributed by atoms with Crippen LogP contribution in [0.4, 0.5) is 8.78 Å². The Labute approximate surface area is 158 Å². The minimum Gasteiger partial charge on any atom is -0.435 e. The maximum atomic E-state index is 12.3. The highest BCUT2D eigenvalue weighted by atomic mass is 19.3. The summed E-state index contributed by atoms with van der Waals surface area (Å²) in [5.41, 5.74) is 2.06. The van der Waals surface area contributed by atoms with Crippen molar-refractivity contribution in [1.29, 1.82) is 0 Å². The van der Waals surface area contributed by atoms with Gasteiger partial charge in [-0.15, -0.1) is 0 Å². The van der Waals surface area contributed by atoms with Crippen LogP contribution in [0, 0.1) is 0 Å². The van der Waals surface area contributed by atoms with Gasteiger partial charge in [0.1, 0.15) is 5.75 Å². The molecule has 4 nitrogen and oxygen atoms in total. The Balaban J connectivity index is 1.82. The summed E-state index contributed by atoms with van der Waals surface area (Å²) in [4.78, 5) is 12.3. The lowest BCUT2D eigenvalue weighted by molar-refractivity contribution is -0.123. The summed E-state index contributed by atoms with van der Waals surface area (Å²) in [5, 5.41) is 6.18. The SMILES string of the molecule is CC(NC(C)c1ccc(OC(F)F)cc1)C(=O)NCC(C)c1ccccc1. The Kier molecular flexibility index (Phi) is 7.73. The summed E-state index contributed by atoms with van der Waals surface area (Å²) in [6.07, 6.45) is 0. The number of amides is 1. The maximum Gasteiger partial charge on any atom is 0.387 e. The molecular formula is C21H26F2N2O2. The van der Waals surface area contributed by atoms with Gasteiger partial charge in [0, 0.05) is 12.6 Å². The van der Waals surface area contributed by atoms with Gasteiger partial charge in [-0.3, -0.25) is 10.1 Å². The van der Waals surface area contributed by atoms with Crippen LogP contribution in [0.3, 0.4) is 0 Å². The lowest BCUT2D eigenvalue weighted by atomic mass is 10.0. The van der Waals surface area contributed by atoms with Crippen LogP contribution in [0.25, 0.3) is 0 Å². The van der Waals surface area contributed by atoms with Crippen molar-refractivity contribution < 1.29 is 18.3 Å². The number of alkyl halides is 2. The fourth-order valence-electron chi connectivity index (χ4n) is 2.79. The highest BCUT2D eigenvalue weighted by Gasteiger charge is 2.17. The van der Waals surface area contributed by atoms with E-state index in [1.54, 1.807) is 19.1 Å². The van der Waals surface area contributed by atoms with Crippen LogP contribution in [0.15, 0.2) is 54.6 Å². The van der Waals surface area contributed by atoms with Gasteiger partial charge in [0.15, 0.2) is 0 Å². The molecule has 27 heavy (non-hydrogen) atoms. The molecule has 0 heterocycles. The molecule has 0 aromatic heterocycles. The van der Waals surface area contributed by atoms with E-state index >= 15 is 0 Å². The van der Waals surface area contributed by atoms with Crippen LogP contribution in [0.5, 0.6) is 5.75 Å². The van der Waals surface area contributed by atoms with Gasteiger partial charge in [-0.05, 0) is 43.0 Å². The topological polar surface area (TPSA) is 50.4 Å². The van der Waals surface area contributed by atoms with Gasteiger partial charge in [-0.1, -0.05) is 49.4 Å². The minimum absolute atomic E-state index is 0.0812. The lowest BCUT2D eigenvalue weighted by Gasteiger charge is -2.21. The van der Waals surface area contributed by atoms with Crippen LogP contribution in [0.2, 0.25) is 0 Å². The van der Waals surface area contributed by atoms with Crippen molar-refractivity contribution >= 4 is 5.91 Å². The molecule has 0 saturated heterocycles. The second kappa shape index (κ2) is 10.0. The van der Waals surface area contributed by atoms with Gasteiger partial charge >= 0.3 is 6.61 Å². The number of halogens is 2. The Bertz CT molecular complexity index is 708. The first-order valence-electron chi connectivity index (χ1n) is 9.00. The monoisotopic (exact) mass is 376 g/mol. The van der Waals surface area contributed by atoms with Crippen molar-refractivity contribution in [3.05, 3.63) is 65.7 Å². The fraction of sp³-hybridized carbons (Fsp3) is 0.381. The molecule has 2 aromatic rings. The molecule has 0 aliphatic rings. The van der Waals surface area contributed by atoms with E-state index in [0.717, 1.165) is 5.56 Å². The number of ether oxygens (including phenoxy) is 1. The first-order chi connectivity index (χ1) is 12.9. The molecular weight excluding hydrogens is 350 g/mol. The second-order valence-corrected chi connectivity index (χ2v) is 6.61. The van der Waals surface area contributed by atoms with Crippen molar-refractivity contribution in [1.82, 2.24) is 10.6 Å². The normalized spacial score (nSPS) is 14.4. The molecule has 3 unspecified atom stereocenters. The quantitative estimate of drug-likeness (QED) is 0.688. The number of rotatable bonds is 9. The summed E-state index contributed by atoms with van der Waals surface area (Å²) in [6, 6.07) is 15.9. The van der Waals surface area contributed by atoms with Gasteiger partial charge in [0.25, 0.3) is 0 Å². The highest BCUT2D eigenvalue weighted by molar-refractivity contribution is 5.81. The zero-order valence-corrected chi connectivity index (χ0v) is 15.8. The molecule has 0 bridgehead atoms. The van der Waals surface area contributed by atoms with Crippen molar-refractivity contribution in [2.45, 2.75) is 45.4 Å². The molecule has 146 valence electrons. The van der Waals surface area contributed by atoms with Crippen molar-refractivity contribution in [3.63, 3.8) is 0 Å². The van der Waals surface area contributed by atoms with Gasteiger partial charge in [-0.25, -0.2) is 0 Å². The summed E-state index contributed by atoms with van der Waals surface area (Å²) in [6.45, 7) is 3.50. The van der Waals surface area contributed by atoms with Crippen LogP contribution < -0.4 is 15.4 Å². The molecule has 2 N–H and O–H groups in total. The van der Waals surface area contributed by atoms with E-state index in [9.17, 15) is 13.6 Å². The molecule has 0 fully saturated rings. The van der Waals surface area contributed by atoms with E-state index in [1.807, 2.05) is 37.3 Å². The molecule has 0 spiro atoms. The van der Waals surface area contributed by atoms with E-state index in [-0.39, 0.29) is 29.7 Å². The molecule has 0 saturated carbocycles. The van der Waals surface area contributed by atoms with E-state index < -0.39 is 6.61 Å². The third-order valence-electron chi connectivity index (χ3n) is 4.45. The number of nitrogens with one attached hydrogen (secondary N) is 2. The third kappa shape index (κ3) is 6.64. The smallest absolute Gasteiger partial charge is 0.387 e. The van der Waals surface area contributed by atoms with Crippen molar-refractivity contribution in [3.8, 4) is 5.75 Å². The van der Waals surface area contributed by atoms with Gasteiger partial charge < -0.3 is 10.1 Å². The van der Waals surface area contributed by atoms with E-state index in [2.05, 4.69) is 22.3 Å². The summed E-state index contributed by atoms with van der Waals surface area (Å²) < 4.78 is 28.7. The third-order valence-corrected chi connectivity index (χ3v) is 4.45. The van der Waals surface area contributed by atoms with E-state index in [0.29, 0.717) is 6.54 Å². The van der Waals surface area contributed by atoms with Crippen molar-refractivity contribution in [2.24, 2.45) is 0 Å². The number of hydrogen-bond acceptors (Lipinski definition) is 3. The zero-order valence-electron chi connectivity index (χ0n) is 15.8. The molecule has 0 aliphatic carbocycles. The largest absolute Gasteiger partial charge is 0.435 e. The number of carbonyl (C=O) groups is 1. The van der Waals surface area contributed by atoms with E-state index in [1.165, 1.54) is 17.7 Å². The summed E-state index contributed by atoms with van der Waals surface area (Å²) >= 11 is 0. The highest BCUT2D eigenvalue weighted by Crippen LogP contribution is 2.19.